The van der Waals surface area contributed by atoms with Gasteiger partial charge in [-0.25, -0.2) is 13.9 Å². The van der Waals surface area contributed by atoms with Crippen LogP contribution in [0, 0.1) is 5.82 Å². The molecule has 0 saturated heterocycles. The number of nitrogens with zero attached hydrogens (tertiary/aromatic N) is 3. The van der Waals surface area contributed by atoms with Gasteiger partial charge in [0.25, 0.3) is 5.91 Å². The lowest BCUT2D eigenvalue weighted by atomic mass is 9.83. The van der Waals surface area contributed by atoms with Gasteiger partial charge in [-0.1, -0.05) is 29.6 Å². The predicted molar refractivity (Wildman–Crippen MR) is 147 cm³/mol. The Morgan fingerprint density at radius 2 is 1.74 bits per heavy atom. The topological polar surface area (TPSA) is 110 Å². The first-order chi connectivity index (χ1) is 18.8. The number of pyridine rings is 1. The van der Waals surface area contributed by atoms with Crippen molar-refractivity contribution in [3.05, 3.63) is 88.0 Å². The molecule has 3 N–H and O–H groups in total. The summed E-state index contributed by atoms with van der Waals surface area (Å²) in [6, 6.07) is 13.1. The third-order valence-corrected chi connectivity index (χ3v) is 6.64. The second-order valence-corrected chi connectivity index (χ2v) is 9.77. The lowest BCUT2D eigenvalue weighted by Crippen LogP contribution is -2.22. The quantitative estimate of drug-likeness (QED) is 0.227. The monoisotopic (exact) mass is 568 g/mol. The molecule has 12 heteroatoms. The van der Waals surface area contributed by atoms with Crippen LogP contribution in [-0.4, -0.2) is 33.8 Å². The SMILES string of the molecule is CNC(=O)c1cc(Oc2ccc(NC(=O)Nc3cc(C4CCC4)nn3-c3cc(Cl)cc(Cl)c3)c(F)c2)ccn1. The van der Waals surface area contributed by atoms with E-state index in [9.17, 15) is 14.0 Å². The van der Waals surface area contributed by atoms with Gasteiger partial charge < -0.3 is 15.4 Å². The first kappa shape index (κ1) is 26.5. The van der Waals surface area contributed by atoms with Gasteiger partial charge in [-0.05, 0) is 49.2 Å². The third kappa shape index (κ3) is 6.13. The van der Waals surface area contributed by atoms with Gasteiger partial charge in [-0.2, -0.15) is 5.10 Å². The zero-order chi connectivity index (χ0) is 27.5. The van der Waals surface area contributed by atoms with E-state index in [1.165, 1.54) is 37.5 Å². The molecule has 1 saturated carbocycles. The number of aromatic nitrogens is 3. The maximum atomic E-state index is 14.9. The minimum absolute atomic E-state index is 0.0586. The lowest BCUT2D eigenvalue weighted by Gasteiger charge is -2.22. The summed E-state index contributed by atoms with van der Waals surface area (Å²) in [5.74, 6) is 0.0806. The van der Waals surface area contributed by atoms with Crippen molar-refractivity contribution in [1.82, 2.24) is 20.1 Å². The zero-order valence-corrected chi connectivity index (χ0v) is 22.2. The van der Waals surface area contributed by atoms with E-state index in [0.717, 1.165) is 31.0 Å². The average Bonchev–Trinajstić information content (AvgIpc) is 3.26. The fourth-order valence-corrected chi connectivity index (χ4v) is 4.56. The molecule has 39 heavy (non-hydrogen) atoms. The van der Waals surface area contributed by atoms with Crippen LogP contribution in [0.15, 0.2) is 60.8 Å². The van der Waals surface area contributed by atoms with Crippen molar-refractivity contribution >= 4 is 46.6 Å². The van der Waals surface area contributed by atoms with E-state index in [0.29, 0.717) is 33.2 Å². The molecule has 0 bridgehead atoms. The van der Waals surface area contributed by atoms with E-state index in [4.69, 9.17) is 27.9 Å². The Hall–Kier alpha value is -4.15. The van der Waals surface area contributed by atoms with Crippen molar-refractivity contribution in [3.63, 3.8) is 0 Å². The summed E-state index contributed by atoms with van der Waals surface area (Å²) in [6.45, 7) is 0. The molecule has 5 rings (SSSR count). The Kier molecular flexibility index (Phi) is 7.67. The number of anilines is 2. The summed E-state index contributed by atoms with van der Waals surface area (Å²) in [5, 5.41) is 13.3. The number of hydrogen-bond donors (Lipinski definition) is 3. The highest BCUT2D eigenvalue weighted by Gasteiger charge is 2.25. The van der Waals surface area contributed by atoms with Crippen molar-refractivity contribution in [2.45, 2.75) is 25.2 Å². The number of nitrogens with one attached hydrogen (secondary N) is 3. The van der Waals surface area contributed by atoms with Crippen molar-refractivity contribution in [3.8, 4) is 17.2 Å². The van der Waals surface area contributed by atoms with Crippen molar-refractivity contribution in [1.29, 1.82) is 0 Å². The number of halogens is 3. The fraction of sp³-hybridized carbons (Fsp3) is 0.185. The number of rotatable bonds is 7. The van der Waals surface area contributed by atoms with Crippen LogP contribution in [0.5, 0.6) is 11.5 Å². The Balaban J connectivity index is 1.31. The summed E-state index contributed by atoms with van der Waals surface area (Å²) < 4.78 is 22.1. The molecule has 1 aliphatic carbocycles. The van der Waals surface area contributed by atoms with Crippen molar-refractivity contribution in [2.75, 3.05) is 17.7 Å². The van der Waals surface area contributed by atoms with Gasteiger partial charge in [0.15, 0.2) is 0 Å². The minimum atomic E-state index is -0.714. The van der Waals surface area contributed by atoms with Crippen LogP contribution in [0.2, 0.25) is 10.0 Å². The highest BCUT2D eigenvalue weighted by molar-refractivity contribution is 6.34. The maximum absolute atomic E-state index is 14.9. The summed E-state index contributed by atoms with van der Waals surface area (Å²) in [6.07, 6.45) is 4.57. The number of urea groups is 1. The molecule has 3 amide bonds. The summed E-state index contributed by atoms with van der Waals surface area (Å²) >= 11 is 12.4. The summed E-state index contributed by atoms with van der Waals surface area (Å²) in [7, 11) is 1.49. The molecule has 0 atom stereocenters. The second kappa shape index (κ2) is 11.3. The molecule has 2 heterocycles. The molecule has 0 unspecified atom stereocenters. The summed E-state index contributed by atoms with van der Waals surface area (Å²) in [4.78, 5) is 28.6. The van der Waals surface area contributed by atoms with Crippen LogP contribution in [0.25, 0.3) is 5.69 Å². The highest BCUT2D eigenvalue weighted by atomic mass is 35.5. The molecule has 9 nitrogen and oxygen atoms in total. The predicted octanol–water partition coefficient (Wildman–Crippen LogP) is 6.78. The third-order valence-electron chi connectivity index (χ3n) is 6.20. The zero-order valence-electron chi connectivity index (χ0n) is 20.7. The molecule has 2 aromatic carbocycles. The van der Waals surface area contributed by atoms with E-state index < -0.39 is 11.8 Å². The van der Waals surface area contributed by atoms with Gasteiger partial charge in [-0.3, -0.25) is 15.1 Å². The largest absolute Gasteiger partial charge is 0.457 e. The van der Waals surface area contributed by atoms with Crippen LogP contribution < -0.4 is 20.7 Å². The first-order valence-electron chi connectivity index (χ1n) is 12.1. The molecule has 0 spiro atoms. The van der Waals surface area contributed by atoms with Crippen LogP contribution in [0.1, 0.15) is 41.4 Å². The van der Waals surface area contributed by atoms with Gasteiger partial charge >= 0.3 is 6.03 Å². The second-order valence-electron chi connectivity index (χ2n) is 8.90. The van der Waals surface area contributed by atoms with Crippen LogP contribution in [-0.2, 0) is 0 Å². The van der Waals surface area contributed by atoms with Crippen LogP contribution in [0.4, 0.5) is 20.7 Å². The number of ether oxygens (including phenoxy) is 1. The number of hydrogen-bond acceptors (Lipinski definition) is 5. The number of carbonyl (C=O) groups excluding carboxylic acids is 2. The number of carbonyl (C=O) groups is 2. The van der Waals surface area contributed by atoms with Crippen LogP contribution >= 0.6 is 23.2 Å². The summed E-state index contributed by atoms with van der Waals surface area (Å²) in [5.41, 5.74) is 1.52. The molecule has 0 aliphatic heterocycles. The lowest BCUT2D eigenvalue weighted by molar-refractivity contribution is 0.0957. The number of benzene rings is 2. The molecule has 200 valence electrons. The van der Waals surface area contributed by atoms with Gasteiger partial charge in [0.1, 0.15) is 28.8 Å². The van der Waals surface area contributed by atoms with Crippen molar-refractivity contribution < 1.29 is 18.7 Å². The van der Waals surface area contributed by atoms with Gasteiger partial charge in [-0.15, -0.1) is 0 Å². The van der Waals surface area contributed by atoms with E-state index in [1.807, 2.05) is 0 Å². The Bertz CT molecular complexity index is 1540. The highest BCUT2D eigenvalue weighted by Crippen LogP contribution is 2.37. The Labute approximate surface area is 233 Å². The van der Waals surface area contributed by atoms with E-state index in [1.54, 1.807) is 28.9 Å². The normalized spacial score (nSPS) is 12.9. The smallest absolute Gasteiger partial charge is 0.324 e. The molecule has 1 fully saturated rings. The van der Waals surface area contributed by atoms with E-state index in [-0.39, 0.29) is 23.0 Å². The van der Waals surface area contributed by atoms with E-state index in [2.05, 4.69) is 26.0 Å². The first-order valence-corrected chi connectivity index (χ1v) is 12.8. The van der Waals surface area contributed by atoms with Crippen LogP contribution in [0.3, 0.4) is 0 Å². The van der Waals surface area contributed by atoms with Crippen molar-refractivity contribution in [2.24, 2.45) is 0 Å². The molecule has 2 aromatic heterocycles. The molecular formula is C27H23Cl2FN6O3. The fourth-order valence-electron chi connectivity index (χ4n) is 4.04. The standard InChI is InChI=1S/C27H23Cl2FN6O3/c1-31-26(37)24-13-20(7-8-32-24)39-19-5-6-22(21(30)12-19)33-27(38)34-25-14-23(15-3-2-4-15)35-36(25)18-10-16(28)9-17(29)11-18/h5-15H,2-4H2,1H3,(H,31,37)(H2,33,34,38). The molecule has 1 aliphatic rings. The van der Waals surface area contributed by atoms with Gasteiger partial charge in [0.05, 0.1) is 17.1 Å². The molecule has 4 aromatic rings. The molecule has 0 radical (unpaired) electrons. The Morgan fingerprint density at radius 3 is 2.41 bits per heavy atom. The van der Waals surface area contributed by atoms with Gasteiger partial charge in [0, 0.05) is 47.4 Å². The number of amides is 3. The maximum Gasteiger partial charge on any atom is 0.324 e. The average molecular weight is 569 g/mol. The van der Waals surface area contributed by atoms with Gasteiger partial charge in [0.2, 0.25) is 0 Å². The Morgan fingerprint density at radius 1 is 1.00 bits per heavy atom. The minimum Gasteiger partial charge on any atom is -0.457 e. The van der Waals surface area contributed by atoms with E-state index >= 15 is 0 Å². The molecular weight excluding hydrogens is 546 g/mol.